The molecule has 1 aromatic carbocycles. The fourth-order valence-electron chi connectivity index (χ4n) is 1.79. The average molecular weight is 444 g/mol. The Morgan fingerprint density at radius 3 is 1.77 bits per heavy atom. The molecule has 0 radical (unpaired) electrons. The van der Waals surface area contributed by atoms with E-state index in [0.29, 0.717) is 11.3 Å². The summed E-state index contributed by atoms with van der Waals surface area (Å²) in [5.41, 5.74) is -4.72. The maximum absolute atomic E-state index is 13.6. The van der Waals surface area contributed by atoms with E-state index in [4.69, 9.17) is 4.74 Å². The third kappa shape index (κ3) is 4.39. The molecule has 0 fully saturated rings. The molecular weight excluding hydrogens is 432 g/mol. The Kier molecular flexibility index (Phi) is 5.96. The molecule has 1 rings (SSSR count). The van der Waals surface area contributed by atoms with Crippen LogP contribution < -0.4 is 4.74 Å². The standard InChI is InChI=1S/C13H12F7IO/c1-22-10-4-2-8(3-5-10)6-9(21)7-11(14,12(15,16)17)13(18,19)20/h2-5,9H,6-7H2,1H3. The molecule has 0 bridgehead atoms. The molecule has 1 nitrogen and oxygen atoms in total. The van der Waals surface area contributed by atoms with Gasteiger partial charge in [0.15, 0.2) is 0 Å². The van der Waals surface area contributed by atoms with Gasteiger partial charge in [-0.3, -0.25) is 0 Å². The van der Waals surface area contributed by atoms with Crippen molar-refractivity contribution in [3.63, 3.8) is 0 Å². The van der Waals surface area contributed by atoms with Crippen LogP contribution in [0.25, 0.3) is 0 Å². The summed E-state index contributed by atoms with van der Waals surface area (Å²) in [4.78, 5) is 0. The van der Waals surface area contributed by atoms with E-state index in [2.05, 4.69) is 0 Å². The fraction of sp³-hybridized carbons (Fsp3) is 0.538. The van der Waals surface area contributed by atoms with Crippen LogP contribution in [0, 0.1) is 0 Å². The van der Waals surface area contributed by atoms with Crippen LogP contribution in [0.2, 0.25) is 0 Å². The normalized spacial score (nSPS) is 14.8. The van der Waals surface area contributed by atoms with Crippen molar-refractivity contribution >= 4 is 22.6 Å². The van der Waals surface area contributed by atoms with Crippen molar-refractivity contribution in [3.8, 4) is 5.75 Å². The van der Waals surface area contributed by atoms with Crippen LogP contribution in [0.1, 0.15) is 12.0 Å². The van der Waals surface area contributed by atoms with Crippen molar-refractivity contribution in [1.29, 1.82) is 0 Å². The van der Waals surface area contributed by atoms with Gasteiger partial charge in [0.25, 0.3) is 5.67 Å². The number of rotatable bonds is 5. The highest BCUT2D eigenvalue weighted by atomic mass is 127. The first-order valence-electron chi connectivity index (χ1n) is 6.00. The van der Waals surface area contributed by atoms with Gasteiger partial charge in [-0.05, 0) is 24.1 Å². The van der Waals surface area contributed by atoms with E-state index in [-0.39, 0.29) is 6.42 Å². The zero-order valence-electron chi connectivity index (χ0n) is 11.2. The number of methoxy groups -OCH3 is 1. The highest BCUT2D eigenvalue weighted by Gasteiger charge is 2.72. The lowest BCUT2D eigenvalue weighted by Gasteiger charge is -2.31. The van der Waals surface area contributed by atoms with Crippen LogP contribution >= 0.6 is 22.6 Å². The van der Waals surface area contributed by atoms with E-state index in [1.807, 2.05) is 0 Å². The lowest BCUT2D eigenvalue weighted by atomic mass is 9.95. The van der Waals surface area contributed by atoms with Crippen molar-refractivity contribution in [1.82, 2.24) is 0 Å². The van der Waals surface area contributed by atoms with Gasteiger partial charge in [0, 0.05) is 10.3 Å². The Labute approximate surface area is 136 Å². The molecule has 0 aliphatic heterocycles. The molecule has 1 aromatic rings. The second-order valence-electron chi connectivity index (χ2n) is 4.65. The summed E-state index contributed by atoms with van der Waals surface area (Å²) in [5, 5.41) is 0. The summed E-state index contributed by atoms with van der Waals surface area (Å²) in [6.07, 6.45) is -13.8. The molecule has 0 aliphatic carbocycles. The predicted molar refractivity (Wildman–Crippen MR) is 75.1 cm³/mol. The molecule has 0 N–H and O–H groups in total. The minimum Gasteiger partial charge on any atom is -0.497 e. The van der Waals surface area contributed by atoms with E-state index in [9.17, 15) is 30.7 Å². The zero-order chi connectivity index (χ0) is 17.2. The molecule has 1 unspecified atom stereocenters. The average Bonchev–Trinajstić information content (AvgIpc) is 2.36. The molecule has 0 aliphatic rings. The minimum atomic E-state index is -6.01. The number of halogens is 8. The monoisotopic (exact) mass is 444 g/mol. The van der Waals surface area contributed by atoms with Crippen molar-refractivity contribution in [3.05, 3.63) is 29.8 Å². The molecule has 0 saturated heterocycles. The van der Waals surface area contributed by atoms with Gasteiger partial charge in [0.2, 0.25) is 0 Å². The van der Waals surface area contributed by atoms with Crippen molar-refractivity contribution in [2.24, 2.45) is 0 Å². The van der Waals surface area contributed by atoms with Crippen LogP contribution in [-0.4, -0.2) is 29.1 Å². The van der Waals surface area contributed by atoms with Gasteiger partial charge in [0.05, 0.1) is 7.11 Å². The molecule has 0 aromatic heterocycles. The van der Waals surface area contributed by atoms with E-state index in [0.717, 1.165) is 0 Å². The van der Waals surface area contributed by atoms with Gasteiger partial charge >= 0.3 is 12.4 Å². The maximum Gasteiger partial charge on any atom is 0.431 e. The highest BCUT2D eigenvalue weighted by molar-refractivity contribution is 14.1. The first-order valence-corrected chi connectivity index (χ1v) is 7.24. The van der Waals surface area contributed by atoms with Crippen molar-refractivity contribution in [2.75, 3.05) is 7.11 Å². The Morgan fingerprint density at radius 1 is 0.955 bits per heavy atom. The number of alkyl halides is 8. The summed E-state index contributed by atoms with van der Waals surface area (Å²) in [6.45, 7) is 0. The molecule has 0 saturated carbocycles. The Hall–Kier alpha value is -0.740. The molecule has 9 heteroatoms. The summed E-state index contributed by atoms with van der Waals surface area (Å²) in [7, 11) is 1.42. The van der Waals surface area contributed by atoms with Gasteiger partial charge in [-0.2, -0.15) is 26.3 Å². The quantitative estimate of drug-likeness (QED) is 0.342. The molecule has 126 valence electrons. The SMILES string of the molecule is COc1ccc(CC(I)CC(F)(C(F)(F)F)C(F)(F)F)cc1. The smallest absolute Gasteiger partial charge is 0.431 e. The number of hydrogen-bond donors (Lipinski definition) is 0. The molecule has 22 heavy (non-hydrogen) atoms. The van der Waals surface area contributed by atoms with Crippen LogP contribution in [-0.2, 0) is 6.42 Å². The maximum atomic E-state index is 13.6. The van der Waals surface area contributed by atoms with Gasteiger partial charge in [-0.15, -0.1) is 0 Å². The number of ether oxygens (including phenoxy) is 1. The van der Waals surface area contributed by atoms with E-state index >= 15 is 0 Å². The number of benzene rings is 1. The van der Waals surface area contributed by atoms with E-state index < -0.39 is 28.4 Å². The Balaban J connectivity index is 2.86. The lowest BCUT2D eigenvalue weighted by Crippen LogP contribution is -2.54. The first-order chi connectivity index (χ1) is 9.90. The lowest BCUT2D eigenvalue weighted by molar-refractivity contribution is -0.342. The molecule has 1 atom stereocenters. The molecule has 0 spiro atoms. The number of hydrogen-bond acceptors (Lipinski definition) is 1. The Morgan fingerprint density at radius 2 is 1.41 bits per heavy atom. The summed E-state index contributed by atoms with van der Waals surface area (Å²) in [6, 6.07) is 6.06. The van der Waals surface area contributed by atoms with Crippen LogP contribution in [0.15, 0.2) is 24.3 Å². The molecular formula is C13H12F7IO. The highest BCUT2D eigenvalue weighted by Crippen LogP contribution is 2.49. The fourth-order valence-corrected chi connectivity index (χ4v) is 2.90. The largest absolute Gasteiger partial charge is 0.497 e. The van der Waals surface area contributed by atoms with Gasteiger partial charge in [-0.1, -0.05) is 34.7 Å². The second kappa shape index (κ2) is 6.79. The van der Waals surface area contributed by atoms with Crippen LogP contribution in [0.3, 0.4) is 0 Å². The van der Waals surface area contributed by atoms with Crippen molar-refractivity contribution < 1.29 is 35.5 Å². The topological polar surface area (TPSA) is 9.23 Å². The van der Waals surface area contributed by atoms with Gasteiger partial charge in [0.1, 0.15) is 5.75 Å². The molecule has 0 amide bonds. The van der Waals surface area contributed by atoms with E-state index in [1.54, 1.807) is 0 Å². The first kappa shape index (κ1) is 19.3. The van der Waals surface area contributed by atoms with Crippen molar-refractivity contribution in [2.45, 2.75) is 34.8 Å². The zero-order valence-corrected chi connectivity index (χ0v) is 13.4. The second-order valence-corrected chi connectivity index (χ2v) is 6.41. The third-order valence-corrected chi connectivity index (χ3v) is 3.90. The summed E-state index contributed by atoms with van der Waals surface area (Å²) in [5.74, 6) is 0.499. The predicted octanol–water partition coefficient (Wildman–Crippen LogP) is 5.26. The van der Waals surface area contributed by atoms with Crippen LogP contribution in [0.4, 0.5) is 30.7 Å². The van der Waals surface area contributed by atoms with E-state index in [1.165, 1.54) is 54.0 Å². The summed E-state index contributed by atoms with van der Waals surface area (Å²) >= 11 is 1.40. The molecule has 0 heterocycles. The van der Waals surface area contributed by atoms with Crippen LogP contribution in [0.5, 0.6) is 5.75 Å². The third-order valence-electron chi connectivity index (χ3n) is 3.02. The summed E-state index contributed by atoms with van der Waals surface area (Å²) < 4.78 is 92.2. The van der Waals surface area contributed by atoms with Gasteiger partial charge < -0.3 is 4.74 Å². The van der Waals surface area contributed by atoms with Gasteiger partial charge in [-0.25, -0.2) is 4.39 Å². The Bertz CT molecular complexity index is 467. The minimum absolute atomic E-state index is 0.123.